The van der Waals surface area contributed by atoms with Crippen LogP contribution in [0.15, 0.2) is 182 Å². The fourth-order valence-corrected chi connectivity index (χ4v) is 9.21. The molecule has 1 aliphatic carbocycles. The normalized spacial score (nSPS) is 12.2. The Kier molecular flexibility index (Phi) is 5.53. The summed E-state index contributed by atoms with van der Waals surface area (Å²) in [5.41, 5.74) is 14.9. The maximum atomic E-state index is 2.53. The van der Waals surface area contributed by atoms with Crippen molar-refractivity contribution < 1.29 is 0 Å². The summed E-state index contributed by atoms with van der Waals surface area (Å²) >= 11 is 0. The predicted molar refractivity (Wildman–Crippen MR) is 220 cm³/mol. The number of benzene rings is 9. The van der Waals surface area contributed by atoms with E-state index < -0.39 is 0 Å². The van der Waals surface area contributed by atoms with E-state index in [-0.39, 0.29) is 0 Å². The molecule has 1 aliphatic rings. The maximum absolute atomic E-state index is 2.53. The van der Waals surface area contributed by atoms with Gasteiger partial charge in [-0.3, -0.25) is 0 Å². The van der Waals surface area contributed by atoms with Crippen molar-refractivity contribution in [2.75, 3.05) is 0 Å². The largest absolute Gasteiger partial charge is 0.309 e. The van der Waals surface area contributed by atoms with Gasteiger partial charge in [0.05, 0.1) is 22.1 Å². The molecular formula is C50H30N2. The van der Waals surface area contributed by atoms with Gasteiger partial charge in [-0.05, 0) is 85.9 Å². The Morgan fingerprint density at radius 1 is 0.288 bits per heavy atom. The smallest absolute Gasteiger partial charge is 0.0641 e. The molecule has 0 fully saturated rings. The third-order valence-corrected chi connectivity index (χ3v) is 11.4. The summed E-state index contributed by atoms with van der Waals surface area (Å²) in [6, 6.07) is 67.2. The van der Waals surface area contributed by atoms with Gasteiger partial charge in [0.1, 0.15) is 0 Å². The zero-order valence-electron chi connectivity index (χ0n) is 28.2. The van der Waals surface area contributed by atoms with E-state index >= 15 is 0 Å². The minimum absolute atomic E-state index is 1.16. The van der Waals surface area contributed by atoms with E-state index in [0.29, 0.717) is 0 Å². The third-order valence-electron chi connectivity index (χ3n) is 11.4. The van der Waals surface area contributed by atoms with E-state index in [1.54, 1.807) is 0 Å². The van der Waals surface area contributed by atoms with Crippen LogP contribution in [0, 0.1) is 0 Å². The van der Waals surface area contributed by atoms with Crippen LogP contribution in [0.25, 0.3) is 110 Å². The Morgan fingerprint density at radius 3 is 1.79 bits per heavy atom. The second kappa shape index (κ2) is 10.3. The molecule has 0 unspecified atom stereocenters. The highest BCUT2D eigenvalue weighted by atomic mass is 15.0. The Morgan fingerprint density at radius 2 is 0.942 bits per heavy atom. The quantitative estimate of drug-likeness (QED) is 0.179. The number of fused-ring (bicyclic) bond motifs is 12. The van der Waals surface area contributed by atoms with Crippen molar-refractivity contribution in [2.24, 2.45) is 0 Å². The molecule has 240 valence electrons. The second-order valence-corrected chi connectivity index (χ2v) is 14.1. The molecule has 0 saturated heterocycles. The topological polar surface area (TPSA) is 9.86 Å². The van der Waals surface area contributed by atoms with Crippen LogP contribution in [-0.4, -0.2) is 9.13 Å². The fraction of sp³-hybridized carbons (Fsp3) is 0. The van der Waals surface area contributed by atoms with Gasteiger partial charge in [0.2, 0.25) is 0 Å². The Hall–Kier alpha value is -6.90. The molecule has 0 bridgehead atoms. The first kappa shape index (κ1) is 27.9. The number of hydrogen-bond acceptors (Lipinski definition) is 0. The van der Waals surface area contributed by atoms with Crippen LogP contribution in [0.1, 0.15) is 0 Å². The molecule has 0 spiro atoms. The molecular weight excluding hydrogens is 629 g/mol. The number of hydrogen-bond donors (Lipinski definition) is 0. The standard InChI is InChI=1S/C50H30N2/c1-2-10-31(11-3-1)32-20-23-35(24-21-32)52-49-37-15-5-4-12-33(37)22-26-41(49)42-28-29-46-48(50(42)52)43-16-6-7-19-45(43)51(46)36-25-27-38-39-17-8-13-34-14-9-18-40(47(34)39)44(38)30-36/h1-30H. The SMILES string of the molecule is c1ccc(-c2ccc(-n3c4c5ccccc5ccc4c4ccc5c(c6ccccc6n5-c5ccc6c(c5)-c5cccc7cccc-6c57)c43)cc2)cc1. The van der Waals surface area contributed by atoms with Gasteiger partial charge in [-0.1, -0.05) is 146 Å². The number of rotatable bonds is 3. The molecule has 2 heterocycles. The highest BCUT2D eigenvalue weighted by molar-refractivity contribution is 6.29. The monoisotopic (exact) mass is 658 g/mol. The minimum atomic E-state index is 1.16. The first-order valence-corrected chi connectivity index (χ1v) is 18.0. The van der Waals surface area contributed by atoms with Crippen molar-refractivity contribution in [1.82, 2.24) is 9.13 Å². The van der Waals surface area contributed by atoms with E-state index in [9.17, 15) is 0 Å². The molecule has 0 saturated carbocycles. The predicted octanol–water partition coefficient (Wildman–Crippen LogP) is 13.5. The Bertz CT molecular complexity index is 3260. The van der Waals surface area contributed by atoms with Gasteiger partial charge in [-0.15, -0.1) is 0 Å². The first-order chi connectivity index (χ1) is 25.8. The van der Waals surface area contributed by atoms with Crippen LogP contribution in [0.3, 0.4) is 0 Å². The molecule has 52 heavy (non-hydrogen) atoms. The van der Waals surface area contributed by atoms with Gasteiger partial charge in [0.15, 0.2) is 0 Å². The molecule has 9 aromatic carbocycles. The zero-order valence-corrected chi connectivity index (χ0v) is 28.2. The Labute approximate surface area is 300 Å². The molecule has 11 aromatic rings. The molecule has 2 heteroatoms. The van der Waals surface area contributed by atoms with E-state index in [4.69, 9.17) is 0 Å². The maximum Gasteiger partial charge on any atom is 0.0641 e. The van der Waals surface area contributed by atoms with Crippen molar-refractivity contribution in [3.05, 3.63) is 182 Å². The van der Waals surface area contributed by atoms with E-state index in [1.807, 2.05) is 0 Å². The third kappa shape index (κ3) is 3.68. The summed E-state index contributed by atoms with van der Waals surface area (Å²) in [4.78, 5) is 0. The first-order valence-electron chi connectivity index (χ1n) is 18.0. The summed E-state index contributed by atoms with van der Waals surface area (Å²) in [7, 11) is 0. The highest BCUT2D eigenvalue weighted by Crippen LogP contribution is 2.49. The van der Waals surface area contributed by atoms with Crippen LogP contribution >= 0.6 is 0 Å². The summed E-state index contributed by atoms with van der Waals surface area (Å²) in [6.45, 7) is 0. The molecule has 0 aliphatic heterocycles. The lowest BCUT2D eigenvalue weighted by atomic mass is 10.0. The van der Waals surface area contributed by atoms with Gasteiger partial charge in [0, 0.05) is 38.3 Å². The fourth-order valence-electron chi connectivity index (χ4n) is 9.21. The van der Waals surface area contributed by atoms with Crippen LogP contribution in [0.4, 0.5) is 0 Å². The van der Waals surface area contributed by atoms with Gasteiger partial charge in [-0.2, -0.15) is 0 Å². The van der Waals surface area contributed by atoms with Crippen molar-refractivity contribution in [3.63, 3.8) is 0 Å². The molecule has 0 amide bonds. The second-order valence-electron chi connectivity index (χ2n) is 14.1. The molecule has 2 aromatic heterocycles. The van der Waals surface area contributed by atoms with Crippen LogP contribution in [0.5, 0.6) is 0 Å². The molecule has 2 nitrogen and oxygen atoms in total. The lowest BCUT2D eigenvalue weighted by molar-refractivity contribution is 1.18. The average molecular weight is 659 g/mol. The van der Waals surface area contributed by atoms with Crippen molar-refractivity contribution >= 4 is 65.2 Å². The summed E-state index contributed by atoms with van der Waals surface area (Å²) in [5.74, 6) is 0. The summed E-state index contributed by atoms with van der Waals surface area (Å²) in [6.07, 6.45) is 0. The van der Waals surface area contributed by atoms with Gasteiger partial charge >= 0.3 is 0 Å². The van der Waals surface area contributed by atoms with E-state index in [0.717, 1.165) is 5.69 Å². The minimum Gasteiger partial charge on any atom is -0.309 e. The van der Waals surface area contributed by atoms with Crippen molar-refractivity contribution in [2.45, 2.75) is 0 Å². The van der Waals surface area contributed by atoms with Crippen molar-refractivity contribution in [1.29, 1.82) is 0 Å². The lowest BCUT2D eigenvalue weighted by Gasteiger charge is -2.13. The Balaban J connectivity index is 1.19. The summed E-state index contributed by atoms with van der Waals surface area (Å²) < 4.78 is 5.01. The van der Waals surface area contributed by atoms with Crippen LogP contribution in [-0.2, 0) is 0 Å². The van der Waals surface area contributed by atoms with E-state index in [2.05, 4.69) is 191 Å². The highest BCUT2D eigenvalue weighted by Gasteiger charge is 2.25. The number of nitrogens with zero attached hydrogens (tertiary/aromatic N) is 2. The van der Waals surface area contributed by atoms with Crippen LogP contribution < -0.4 is 0 Å². The van der Waals surface area contributed by atoms with Gasteiger partial charge < -0.3 is 9.13 Å². The van der Waals surface area contributed by atoms with Crippen molar-refractivity contribution in [3.8, 4) is 44.8 Å². The van der Waals surface area contributed by atoms with Gasteiger partial charge in [0.25, 0.3) is 0 Å². The average Bonchev–Trinajstić information content (AvgIpc) is 3.85. The number of aromatic nitrogens is 2. The lowest BCUT2D eigenvalue weighted by Crippen LogP contribution is -1.96. The molecule has 12 rings (SSSR count). The van der Waals surface area contributed by atoms with E-state index in [1.165, 1.54) is 104 Å². The van der Waals surface area contributed by atoms with Gasteiger partial charge in [-0.25, -0.2) is 0 Å². The summed E-state index contributed by atoms with van der Waals surface area (Å²) in [5, 5.41) is 10.2. The molecule has 0 N–H and O–H groups in total. The zero-order chi connectivity index (χ0) is 33.9. The number of para-hydroxylation sites is 1. The van der Waals surface area contributed by atoms with Crippen LogP contribution in [0.2, 0.25) is 0 Å². The molecule has 0 atom stereocenters. The molecule has 0 radical (unpaired) electrons.